The van der Waals surface area contributed by atoms with E-state index in [-0.39, 0.29) is 24.2 Å². The molecule has 1 aliphatic heterocycles. The van der Waals surface area contributed by atoms with Crippen molar-refractivity contribution in [3.8, 4) is 23.3 Å². The Labute approximate surface area is 253 Å². The molecule has 0 bridgehead atoms. The highest BCUT2D eigenvalue weighted by atomic mass is 19.4. The molecule has 1 amide bonds. The standard InChI is InChI=1S/C33H32F3N5O3/c1-2-3-8-27-21-41(26-9-7-12-30(16-26)44-33(34,35)36)32(42)22-39(27)20-28-18-38-23-40(28)19-24-13-14-25(17-37)31(15-24)43-29-10-5-4-6-11-29/h4-7,9-16,18,23,27H,2-3,8,19-22H2,1H3/t27-/m0/s1. The maximum absolute atomic E-state index is 13.3. The number of piperazine rings is 1. The Morgan fingerprint density at radius 3 is 2.57 bits per heavy atom. The van der Waals surface area contributed by atoms with Gasteiger partial charge in [-0.2, -0.15) is 5.26 Å². The first-order chi connectivity index (χ1) is 21.2. The van der Waals surface area contributed by atoms with E-state index in [0.29, 0.717) is 42.4 Å². The summed E-state index contributed by atoms with van der Waals surface area (Å²) in [6, 6.07) is 22.4. The third-order valence-corrected chi connectivity index (χ3v) is 7.46. The number of para-hydroxylation sites is 1. The molecule has 0 aliphatic carbocycles. The van der Waals surface area contributed by atoms with Crippen LogP contribution >= 0.6 is 0 Å². The number of ether oxygens (including phenoxy) is 2. The predicted molar refractivity (Wildman–Crippen MR) is 158 cm³/mol. The molecular weight excluding hydrogens is 571 g/mol. The molecule has 0 saturated carbocycles. The Kier molecular flexibility index (Phi) is 9.50. The Bertz CT molecular complexity index is 1620. The van der Waals surface area contributed by atoms with Crippen molar-refractivity contribution in [1.82, 2.24) is 14.5 Å². The first-order valence-electron chi connectivity index (χ1n) is 14.4. The topological polar surface area (TPSA) is 83.6 Å². The van der Waals surface area contributed by atoms with Crippen molar-refractivity contribution in [2.75, 3.05) is 18.0 Å². The van der Waals surface area contributed by atoms with Gasteiger partial charge in [0.2, 0.25) is 5.91 Å². The van der Waals surface area contributed by atoms with Crippen LogP contribution in [0, 0.1) is 11.3 Å². The molecule has 1 aromatic heterocycles. The van der Waals surface area contributed by atoms with E-state index in [1.54, 1.807) is 29.6 Å². The first kappa shape index (κ1) is 30.6. The molecule has 4 aromatic rings. The lowest BCUT2D eigenvalue weighted by atomic mass is 10.0. The SMILES string of the molecule is CCCC[C@H]1CN(c2cccc(OC(F)(F)F)c2)C(=O)CN1Cc1cncn1Cc1ccc(C#N)c(Oc2ccccc2)c1. The van der Waals surface area contributed by atoms with E-state index in [1.807, 2.05) is 47.0 Å². The van der Waals surface area contributed by atoms with Gasteiger partial charge in [-0.05, 0) is 48.4 Å². The second kappa shape index (κ2) is 13.7. The maximum Gasteiger partial charge on any atom is 0.573 e. The normalized spacial score (nSPS) is 15.7. The van der Waals surface area contributed by atoms with Gasteiger partial charge >= 0.3 is 6.36 Å². The number of halogens is 3. The molecule has 5 rings (SSSR count). The molecule has 0 unspecified atom stereocenters. The van der Waals surface area contributed by atoms with Crippen LogP contribution in [0.15, 0.2) is 85.3 Å². The van der Waals surface area contributed by atoms with E-state index < -0.39 is 6.36 Å². The van der Waals surface area contributed by atoms with Crippen LogP contribution in [0.4, 0.5) is 18.9 Å². The molecule has 1 atom stereocenters. The zero-order chi connectivity index (χ0) is 31.1. The van der Waals surface area contributed by atoms with Gasteiger partial charge in [-0.25, -0.2) is 4.98 Å². The van der Waals surface area contributed by atoms with Crippen LogP contribution in [0.25, 0.3) is 0 Å². The molecule has 44 heavy (non-hydrogen) atoms. The summed E-state index contributed by atoms with van der Waals surface area (Å²) in [6.07, 6.45) is 1.42. The van der Waals surface area contributed by atoms with Crippen molar-refractivity contribution in [2.24, 2.45) is 0 Å². The highest BCUT2D eigenvalue weighted by molar-refractivity contribution is 5.95. The van der Waals surface area contributed by atoms with Crippen molar-refractivity contribution in [2.45, 2.75) is 51.7 Å². The number of carbonyl (C=O) groups excluding carboxylic acids is 1. The zero-order valence-electron chi connectivity index (χ0n) is 24.2. The molecule has 1 fully saturated rings. The number of carbonyl (C=O) groups is 1. The van der Waals surface area contributed by atoms with Gasteiger partial charge in [0.25, 0.3) is 0 Å². The Balaban J connectivity index is 1.32. The lowest BCUT2D eigenvalue weighted by Crippen LogP contribution is -2.56. The van der Waals surface area contributed by atoms with Crippen molar-refractivity contribution in [3.05, 3.63) is 102 Å². The van der Waals surface area contributed by atoms with Crippen molar-refractivity contribution in [3.63, 3.8) is 0 Å². The van der Waals surface area contributed by atoms with Gasteiger partial charge in [-0.1, -0.05) is 50.1 Å². The Hall–Kier alpha value is -4.82. The highest BCUT2D eigenvalue weighted by Crippen LogP contribution is 2.30. The van der Waals surface area contributed by atoms with Crippen LogP contribution < -0.4 is 14.4 Å². The van der Waals surface area contributed by atoms with Gasteiger partial charge < -0.3 is 18.9 Å². The molecule has 2 heterocycles. The number of aromatic nitrogens is 2. The third kappa shape index (κ3) is 7.76. The van der Waals surface area contributed by atoms with Gasteiger partial charge in [0, 0.05) is 43.6 Å². The van der Waals surface area contributed by atoms with Crippen molar-refractivity contribution >= 4 is 11.6 Å². The Morgan fingerprint density at radius 2 is 1.82 bits per heavy atom. The van der Waals surface area contributed by atoms with Crippen molar-refractivity contribution in [1.29, 1.82) is 5.26 Å². The third-order valence-electron chi connectivity index (χ3n) is 7.46. The summed E-state index contributed by atoms with van der Waals surface area (Å²) in [7, 11) is 0. The summed E-state index contributed by atoms with van der Waals surface area (Å²) in [5.74, 6) is 0.525. The number of nitrogens with zero attached hydrogens (tertiary/aromatic N) is 5. The summed E-state index contributed by atoms with van der Waals surface area (Å²) in [4.78, 5) is 21.4. The van der Waals surface area contributed by atoms with E-state index >= 15 is 0 Å². The van der Waals surface area contributed by atoms with E-state index in [2.05, 4.69) is 27.6 Å². The van der Waals surface area contributed by atoms with Gasteiger partial charge in [0.1, 0.15) is 23.3 Å². The van der Waals surface area contributed by atoms with Crippen LogP contribution in [0.3, 0.4) is 0 Å². The summed E-state index contributed by atoms with van der Waals surface area (Å²) in [5.41, 5.74) is 2.62. The molecule has 1 aliphatic rings. The number of hydrogen-bond donors (Lipinski definition) is 0. The molecular formula is C33H32F3N5O3. The minimum Gasteiger partial charge on any atom is -0.456 e. The number of unbranched alkanes of at least 4 members (excludes halogenated alkanes) is 1. The average molecular weight is 604 g/mol. The van der Waals surface area contributed by atoms with Crippen LogP contribution in [-0.2, 0) is 17.9 Å². The van der Waals surface area contributed by atoms with Gasteiger partial charge in [0.05, 0.1) is 24.1 Å². The van der Waals surface area contributed by atoms with Crippen LogP contribution in [0.2, 0.25) is 0 Å². The van der Waals surface area contributed by atoms with E-state index in [9.17, 15) is 23.2 Å². The minimum absolute atomic E-state index is 0.0102. The van der Waals surface area contributed by atoms with Gasteiger partial charge in [-0.15, -0.1) is 13.2 Å². The van der Waals surface area contributed by atoms with Crippen LogP contribution in [-0.4, -0.2) is 45.9 Å². The van der Waals surface area contributed by atoms with Crippen LogP contribution in [0.1, 0.15) is 43.0 Å². The molecule has 228 valence electrons. The number of alkyl halides is 3. The highest BCUT2D eigenvalue weighted by Gasteiger charge is 2.34. The molecule has 1 saturated heterocycles. The maximum atomic E-state index is 13.3. The fourth-order valence-electron chi connectivity index (χ4n) is 5.30. The van der Waals surface area contributed by atoms with Crippen molar-refractivity contribution < 1.29 is 27.4 Å². The number of nitriles is 1. The fourth-order valence-corrected chi connectivity index (χ4v) is 5.30. The predicted octanol–water partition coefficient (Wildman–Crippen LogP) is 6.90. The molecule has 11 heteroatoms. The smallest absolute Gasteiger partial charge is 0.456 e. The lowest BCUT2D eigenvalue weighted by molar-refractivity contribution is -0.274. The molecule has 3 aromatic carbocycles. The largest absolute Gasteiger partial charge is 0.573 e. The molecule has 0 radical (unpaired) electrons. The summed E-state index contributed by atoms with van der Waals surface area (Å²) in [5, 5.41) is 9.59. The lowest BCUT2D eigenvalue weighted by Gasteiger charge is -2.41. The molecule has 8 nitrogen and oxygen atoms in total. The molecule has 0 spiro atoms. The first-order valence-corrected chi connectivity index (χ1v) is 14.4. The summed E-state index contributed by atoms with van der Waals surface area (Å²) >= 11 is 0. The number of anilines is 1. The van der Waals surface area contributed by atoms with Gasteiger partial charge in [0.15, 0.2) is 0 Å². The number of imidazole rings is 1. The van der Waals surface area contributed by atoms with E-state index in [0.717, 1.165) is 30.5 Å². The number of benzene rings is 3. The number of rotatable bonds is 11. The van der Waals surface area contributed by atoms with E-state index in [4.69, 9.17) is 4.74 Å². The second-order valence-electron chi connectivity index (χ2n) is 10.6. The second-order valence-corrected chi connectivity index (χ2v) is 10.6. The number of hydrogen-bond acceptors (Lipinski definition) is 6. The quantitative estimate of drug-likeness (QED) is 0.185. The zero-order valence-corrected chi connectivity index (χ0v) is 24.2. The minimum atomic E-state index is -4.82. The van der Waals surface area contributed by atoms with Crippen LogP contribution in [0.5, 0.6) is 17.2 Å². The Morgan fingerprint density at radius 1 is 1.02 bits per heavy atom. The van der Waals surface area contributed by atoms with Gasteiger partial charge in [-0.3, -0.25) is 9.69 Å². The summed E-state index contributed by atoms with van der Waals surface area (Å²) < 4.78 is 50.5. The fraction of sp³-hybridized carbons (Fsp3) is 0.303. The summed E-state index contributed by atoms with van der Waals surface area (Å²) in [6.45, 7) is 3.49. The van der Waals surface area contributed by atoms with E-state index in [1.165, 1.54) is 18.2 Å². The average Bonchev–Trinajstić information content (AvgIpc) is 3.43. The monoisotopic (exact) mass is 603 g/mol. The molecule has 0 N–H and O–H groups in total. The number of amides is 1.